The van der Waals surface area contributed by atoms with Gasteiger partial charge in [-0.15, -0.1) is 0 Å². The van der Waals surface area contributed by atoms with Crippen molar-refractivity contribution in [2.24, 2.45) is 0 Å². The monoisotopic (exact) mass is 262 g/mol. The molecule has 1 saturated heterocycles. The van der Waals surface area contributed by atoms with Gasteiger partial charge in [-0.1, -0.05) is 18.2 Å². The standard InChI is InChI=1S/C15H22N2O2/c1-11(12-7-4-5-8-13(12)19-3)17-14(18)15(2)9-6-10-16-15/h4-5,7-8,11,16H,6,9-10H2,1-3H3,(H,17,18). The van der Waals surface area contributed by atoms with Crippen molar-refractivity contribution in [3.8, 4) is 5.75 Å². The molecule has 1 aromatic rings. The third kappa shape index (κ3) is 2.89. The molecule has 4 nitrogen and oxygen atoms in total. The Bertz CT molecular complexity index is 453. The molecule has 1 amide bonds. The first-order valence-electron chi connectivity index (χ1n) is 6.76. The van der Waals surface area contributed by atoms with Gasteiger partial charge in [0.2, 0.25) is 5.91 Å². The Morgan fingerprint density at radius 3 is 2.84 bits per heavy atom. The van der Waals surface area contributed by atoms with Crippen LogP contribution < -0.4 is 15.4 Å². The van der Waals surface area contributed by atoms with Crippen LogP contribution in [0.15, 0.2) is 24.3 Å². The van der Waals surface area contributed by atoms with Gasteiger partial charge < -0.3 is 15.4 Å². The van der Waals surface area contributed by atoms with Crippen molar-refractivity contribution in [1.29, 1.82) is 0 Å². The molecule has 0 saturated carbocycles. The predicted octanol–water partition coefficient (Wildman–Crippen LogP) is 2.01. The SMILES string of the molecule is COc1ccccc1C(C)NC(=O)C1(C)CCCN1. The minimum atomic E-state index is -0.434. The zero-order valence-corrected chi connectivity index (χ0v) is 11.8. The summed E-state index contributed by atoms with van der Waals surface area (Å²) in [4.78, 5) is 12.3. The molecular formula is C15H22N2O2. The summed E-state index contributed by atoms with van der Waals surface area (Å²) in [5, 5.41) is 6.35. The van der Waals surface area contributed by atoms with Crippen molar-refractivity contribution in [3.63, 3.8) is 0 Å². The zero-order chi connectivity index (χ0) is 13.9. The van der Waals surface area contributed by atoms with Crippen molar-refractivity contribution < 1.29 is 9.53 Å². The van der Waals surface area contributed by atoms with E-state index in [9.17, 15) is 4.79 Å². The first kappa shape index (κ1) is 13.9. The lowest BCUT2D eigenvalue weighted by molar-refractivity contribution is -0.127. The molecule has 104 valence electrons. The van der Waals surface area contributed by atoms with E-state index in [-0.39, 0.29) is 11.9 Å². The summed E-state index contributed by atoms with van der Waals surface area (Å²) in [6, 6.07) is 7.71. The summed E-state index contributed by atoms with van der Waals surface area (Å²) in [5.74, 6) is 0.864. The van der Waals surface area contributed by atoms with Gasteiger partial charge in [0.25, 0.3) is 0 Å². The molecule has 0 aliphatic carbocycles. The number of para-hydroxylation sites is 1. The van der Waals surface area contributed by atoms with Crippen LogP contribution in [0.3, 0.4) is 0 Å². The predicted molar refractivity (Wildman–Crippen MR) is 75.2 cm³/mol. The fraction of sp³-hybridized carbons (Fsp3) is 0.533. The second kappa shape index (κ2) is 5.61. The molecule has 1 fully saturated rings. The van der Waals surface area contributed by atoms with E-state index in [0.717, 1.165) is 30.7 Å². The number of carbonyl (C=O) groups excluding carboxylic acids is 1. The topological polar surface area (TPSA) is 50.4 Å². The lowest BCUT2D eigenvalue weighted by Crippen LogP contribution is -2.51. The first-order chi connectivity index (χ1) is 9.07. The summed E-state index contributed by atoms with van der Waals surface area (Å²) < 4.78 is 5.33. The van der Waals surface area contributed by atoms with Crippen LogP contribution in [0.2, 0.25) is 0 Å². The van der Waals surface area contributed by atoms with Crippen molar-refractivity contribution in [2.45, 2.75) is 38.3 Å². The van der Waals surface area contributed by atoms with E-state index >= 15 is 0 Å². The highest BCUT2D eigenvalue weighted by Crippen LogP contribution is 2.26. The van der Waals surface area contributed by atoms with Gasteiger partial charge in [0, 0.05) is 5.56 Å². The number of rotatable bonds is 4. The normalized spacial score (nSPS) is 23.9. The Balaban J connectivity index is 2.08. The van der Waals surface area contributed by atoms with Crippen LogP contribution in [0, 0.1) is 0 Å². The van der Waals surface area contributed by atoms with Gasteiger partial charge in [-0.2, -0.15) is 0 Å². The van der Waals surface area contributed by atoms with Crippen LogP contribution in [-0.2, 0) is 4.79 Å². The Hall–Kier alpha value is -1.55. The summed E-state index contributed by atoms with van der Waals surface area (Å²) in [6.45, 7) is 4.85. The number of benzene rings is 1. The molecular weight excluding hydrogens is 240 g/mol. The smallest absolute Gasteiger partial charge is 0.240 e. The lowest BCUT2D eigenvalue weighted by atomic mass is 9.98. The van der Waals surface area contributed by atoms with E-state index in [1.807, 2.05) is 38.1 Å². The van der Waals surface area contributed by atoms with Crippen molar-refractivity contribution in [2.75, 3.05) is 13.7 Å². The van der Waals surface area contributed by atoms with Crippen LogP contribution in [0.5, 0.6) is 5.75 Å². The molecule has 1 heterocycles. The van der Waals surface area contributed by atoms with Gasteiger partial charge in [-0.05, 0) is 39.3 Å². The molecule has 19 heavy (non-hydrogen) atoms. The van der Waals surface area contributed by atoms with Crippen LogP contribution in [0.1, 0.15) is 38.3 Å². The summed E-state index contributed by atoms with van der Waals surface area (Å²) in [6.07, 6.45) is 1.93. The van der Waals surface area contributed by atoms with Crippen LogP contribution >= 0.6 is 0 Å². The molecule has 2 rings (SSSR count). The number of carbonyl (C=O) groups is 1. The molecule has 2 N–H and O–H groups in total. The molecule has 0 aromatic heterocycles. The molecule has 0 spiro atoms. The summed E-state index contributed by atoms with van der Waals surface area (Å²) in [5.41, 5.74) is 0.566. The zero-order valence-electron chi connectivity index (χ0n) is 11.8. The number of hydrogen-bond acceptors (Lipinski definition) is 3. The van der Waals surface area contributed by atoms with E-state index in [0.29, 0.717) is 0 Å². The van der Waals surface area contributed by atoms with Crippen LogP contribution in [0.25, 0.3) is 0 Å². The molecule has 1 aliphatic rings. The molecule has 1 aromatic carbocycles. The van der Waals surface area contributed by atoms with Gasteiger partial charge in [0.05, 0.1) is 18.7 Å². The van der Waals surface area contributed by atoms with Gasteiger partial charge in [-0.25, -0.2) is 0 Å². The highest BCUT2D eigenvalue weighted by atomic mass is 16.5. The summed E-state index contributed by atoms with van der Waals surface area (Å²) in [7, 11) is 1.65. The Morgan fingerprint density at radius 1 is 1.47 bits per heavy atom. The maximum Gasteiger partial charge on any atom is 0.240 e. The maximum absolute atomic E-state index is 12.3. The Labute approximate surface area is 114 Å². The van der Waals surface area contributed by atoms with Gasteiger partial charge in [0.15, 0.2) is 0 Å². The number of methoxy groups -OCH3 is 1. The average Bonchev–Trinajstić information content (AvgIpc) is 2.87. The number of ether oxygens (including phenoxy) is 1. The average molecular weight is 262 g/mol. The van der Waals surface area contributed by atoms with Gasteiger partial charge >= 0.3 is 0 Å². The Morgan fingerprint density at radius 2 is 2.21 bits per heavy atom. The highest BCUT2D eigenvalue weighted by molar-refractivity contribution is 5.86. The number of amides is 1. The van der Waals surface area contributed by atoms with E-state index < -0.39 is 5.54 Å². The minimum Gasteiger partial charge on any atom is -0.496 e. The second-order valence-electron chi connectivity index (χ2n) is 5.30. The highest BCUT2D eigenvalue weighted by Gasteiger charge is 2.36. The van der Waals surface area contributed by atoms with Gasteiger partial charge in [0.1, 0.15) is 5.75 Å². The van der Waals surface area contributed by atoms with Crippen molar-refractivity contribution in [3.05, 3.63) is 29.8 Å². The molecule has 0 radical (unpaired) electrons. The fourth-order valence-corrected chi connectivity index (χ4v) is 2.55. The molecule has 2 unspecified atom stereocenters. The molecule has 4 heteroatoms. The van der Waals surface area contributed by atoms with E-state index in [4.69, 9.17) is 4.74 Å². The van der Waals surface area contributed by atoms with E-state index in [2.05, 4.69) is 10.6 Å². The van der Waals surface area contributed by atoms with E-state index in [1.165, 1.54) is 0 Å². The molecule has 0 bridgehead atoms. The Kier molecular flexibility index (Phi) is 4.10. The maximum atomic E-state index is 12.3. The summed E-state index contributed by atoms with van der Waals surface area (Å²) >= 11 is 0. The van der Waals surface area contributed by atoms with E-state index in [1.54, 1.807) is 7.11 Å². The van der Waals surface area contributed by atoms with Gasteiger partial charge in [-0.3, -0.25) is 4.79 Å². The minimum absolute atomic E-state index is 0.0587. The lowest BCUT2D eigenvalue weighted by Gasteiger charge is -2.26. The third-order valence-electron chi connectivity index (χ3n) is 3.82. The van der Waals surface area contributed by atoms with Crippen LogP contribution in [0.4, 0.5) is 0 Å². The first-order valence-corrected chi connectivity index (χ1v) is 6.76. The number of nitrogens with one attached hydrogen (secondary N) is 2. The van der Waals surface area contributed by atoms with Crippen LogP contribution in [-0.4, -0.2) is 25.1 Å². The molecule has 2 atom stereocenters. The number of hydrogen-bond donors (Lipinski definition) is 2. The second-order valence-corrected chi connectivity index (χ2v) is 5.30. The van der Waals surface area contributed by atoms with Crippen molar-refractivity contribution in [1.82, 2.24) is 10.6 Å². The third-order valence-corrected chi connectivity index (χ3v) is 3.82. The quantitative estimate of drug-likeness (QED) is 0.872. The molecule has 1 aliphatic heterocycles. The van der Waals surface area contributed by atoms with Crippen molar-refractivity contribution >= 4 is 5.91 Å². The fourth-order valence-electron chi connectivity index (χ4n) is 2.55. The largest absolute Gasteiger partial charge is 0.496 e.